The molecular weight excluding hydrogens is 232 g/mol. The average molecular weight is 244 g/mol. The standard InChI is InChI=1S/C9H12N2O4S/c1-14-7-5(4-6(12)13)8(15-2)11-9(10-7)16-3/h4H2,1-3H3,(H,12,13). The minimum Gasteiger partial charge on any atom is -0.481 e. The minimum atomic E-state index is -0.989. The second-order valence-corrected chi connectivity index (χ2v) is 3.55. The number of thioether (sulfide) groups is 1. The molecule has 6 nitrogen and oxygen atoms in total. The Labute approximate surface area is 97.0 Å². The molecule has 16 heavy (non-hydrogen) atoms. The molecule has 1 heterocycles. The van der Waals surface area contributed by atoms with E-state index >= 15 is 0 Å². The Bertz CT molecular complexity index is 372. The molecular formula is C9H12N2O4S. The lowest BCUT2D eigenvalue weighted by atomic mass is 10.2. The van der Waals surface area contributed by atoms with Gasteiger partial charge in [0, 0.05) is 0 Å². The number of methoxy groups -OCH3 is 2. The zero-order valence-corrected chi connectivity index (χ0v) is 10.00. The number of hydrogen-bond donors (Lipinski definition) is 1. The van der Waals surface area contributed by atoms with E-state index in [1.165, 1.54) is 26.0 Å². The molecule has 0 bridgehead atoms. The van der Waals surface area contributed by atoms with E-state index in [0.717, 1.165) is 0 Å². The van der Waals surface area contributed by atoms with Gasteiger partial charge >= 0.3 is 5.97 Å². The third-order valence-corrected chi connectivity index (χ3v) is 2.36. The van der Waals surface area contributed by atoms with Crippen molar-refractivity contribution in [1.82, 2.24) is 9.97 Å². The molecule has 0 saturated heterocycles. The first-order chi connectivity index (χ1) is 7.62. The molecule has 0 fully saturated rings. The molecule has 0 saturated carbocycles. The van der Waals surface area contributed by atoms with Crippen LogP contribution in [0, 0.1) is 0 Å². The second-order valence-electron chi connectivity index (χ2n) is 2.78. The number of carboxylic acid groups (broad SMARTS) is 1. The van der Waals surface area contributed by atoms with E-state index in [1.54, 1.807) is 0 Å². The Morgan fingerprint density at radius 2 is 1.81 bits per heavy atom. The second kappa shape index (κ2) is 5.55. The van der Waals surface area contributed by atoms with Crippen molar-refractivity contribution in [2.24, 2.45) is 0 Å². The van der Waals surface area contributed by atoms with Gasteiger partial charge in [-0.25, -0.2) is 0 Å². The highest BCUT2D eigenvalue weighted by Crippen LogP contribution is 2.27. The number of aromatic nitrogens is 2. The first-order valence-corrected chi connectivity index (χ1v) is 5.59. The molecule has 0 amide bonds. The van der Waals surface area contributed by atoms with Crippen LogP contribution in [0.2, 0.25) is 0 Å². The van der Waals surface area contributed by atoms with Crippen molar-refractivity contribution < 1.29 is 19.4 Å². The molecule has 0 atom stereocenters. The van der Waals surface area contributed by atoms with Gasteiger partial charge < -0.3 is 14.6 Å². The van der Waals surface area contributed by atoms with Crippen molar-refractivity contribution in [3.05, 3.63) is 5.56 Å². The monoisotopic (exact) mass is 244 g/mol. The Kier molecular flexibility index (Phi) is 4.36. The zero-order chi connectivity index (χ0) is 12.1. The maximum atomic E-state index is 10.7. The van der Waals surface area contributed by atoms with Gasteiger partial charge in [0.1, 0.15) is 0 Å². The summed E-state index contributed by atoms with van der Waals surface area (Å²) in [4.78, 5) is 18.8. The molecule has 1 N–H and O–H groups in total. The summed E-state index contributed by atoms with van der Waals surface area (Å²) >= 11 is 1.33. The lowest BCUT2D eigenvalue weighted by Crippen LogP contribution is -2.08. The fourth-order valence-electron chi connectivity index (χ4n) is 1.16. The van der Waals surface area contributed by atoms with Gasteiger partial charge in [0.15, 0.2) is 5.16 Å². The lowest BCUT2D eigenvalue weighted by molar-refractivity contribution is -0.136. The quantitative estimate of drug-likeness (QED) is 0.607. The summed E-state index contributed by atoms with van der Waals surface area (Å²) in [5, 5.41) is 9.24. The van der Waals surface area contributed by atoms with Crippen molar-refractivity contribution in [3.63, 3.8) is 0 Å². The van der Waals surface area contributed by atoms with Gasteiger partial charge in [-0.1, -0.05) is 11.8 Å². The van der Waals surface area contributed by atoms with Gasteiger partial charge in [-0.3, -0.25) is 4.79 Å². The summed E-state index contributed by atoms with van der Waals surface area (Å²) in [6.07, 6.45) is 1.58. The van der Waals surface area contributed by atoms with Gasteiger partial charge in [0.05, 0.1) is 26.2 Å². The molecule has 0 spiro atoms. The van der Waals surface area contributed by atoms with Crippen LogP contribution in [-0.2, 0) is 11.2 Å². The van der Waals surface area contributed by atoms with E-state index in [9.17, 15) is 4.79 Å². The molecule has 1 aromatic heterocycles. The Balaban J connectivity index is 3.25. The minimum absolute atomic E-state index is 0.235. The zero-order valence-electron chi connectivity index (χ0n) is 9.18. The van der Waals surface area contributed by atoms with Crippen LogP contribution >= 0.6 is 11.8 Å². The van der Waals surface area contributed by atoms with Gasteiger partial charge in [-0.15, -0.1) is 0 Å². The van der Waals surface area contributed by atoms with Crippen LogP contribution in [0.25, 0.3) is 0 Å². The summed E-state index contributed by atoms with van der Waals surface area (Å²) in [6, 6.07) is 0. The highest BCUT2D eigenvalue weighted by atomic mass is 32.2. The van der Waals surface area contributed by atoms with Crippen molar-refractivity contribution in [1.29, 1.82) is 0 Å². The molecule has 88 valence electrons. The van der Waals surface area contributed by atoms with Crippen LogP contribution in [0.1, 0.15) is 5.56 Å². The molecule has 0 aromatic carbocycles. The summed E-state index contributed by atoms with van der Waals surface area (Å²) in [5.41, 5.74) is 0.343. The summed E-state index contributed by atoms with van der Waals surface area (Å²) in [6.45, 7) is 0. The molecule has 0 radical (unpaired) electrons. The SMILES string of the molecule is COc1nc(SC)nc(OC)c1CC(=O)O. The van der Waals surface area contributed by atoms with E-state index in [-0.39, 0.29) is 18.2 Å². The van der Waals surface area contributed by atoms with Crippen molar-refractivity contribution >= 4 is 17.7 Å². The highest BCUT2D eigenvalue weighted by molar-refractivity contribution is 7.98. The van der Waals surface area contributed by atoms with Crippen molar-refractivity contribution in [3.8, 4) is 11.8 Å². The number of carboxylic acids is 1. The van der Waals surface area contributed by atoms with E-state index < -0.39 is 5.97 Å². The number of carbonyl (C=O) groups is 1. The normalized spacial score (nSPS) is 9.94. The molecule has 0 aliphatic heterocycles. The average Bonchev–Trinajstić information content (AvgIpc) is 2.28. The van der Waals surface area contributed by atoms with E-state index in [4.69, 9.17) is 14.6 Å². The lowest BCUT2D eigenvalue weighted by Gasteiger charge is -2.10. The number of nitrogens with zero attached hydrogens (tertiary/aromatic N) is 2. The Morgan fingerprint density at radius 1 is 1.31 bits per heavy atom. The third-order valence-electron chi connectivity index (χ3n) is 1.81. The molecule has 0 unspecified atom stereocenters. The highest BCUT2D eigenvalue weighted by Gasteiger charge is 2.18. The number of ether oxygens (including phenoxy) is 2. The maximum Gasteiger partial charge on any atom is 0.308 e. The first-order valence-electron chi connectivity index (χ1n) is 4.37. The van der Waals surface area contributed by atoms with Gasteiger partial charge in [-0.05, 0) is 6.26 Å². The van der Waals surface area contributed by atoms with Crippen LogP contribution in [-0.4, -0.2) is 41.5 Å². The van der Waals surface area contributed by atoms with Crippen LogP contribution in [0.5, 0.6) is 11.8 Å². The van der Waals surface area contributed by atoms with E-state index in [2.05, 4.69) is 9.97 Å². The predicted octanol–water partition coefficient (Wildman–Crippen LogP) is 0.843. The number of hydrogen-bond acceptors (Lipinski definition) is 6. The molecule has 1 aromatic rings. The summed E-state index contributed by atoms with van der Waals surface area (Å²) < 4.78 is 10.0. The van der Waals surface area contributed by atoms with Crippen LogP contribution < -0.4 is 9.47 Å². The molecule has 0 aliphatic carbocycles. The summed E-state index contributed by atoms with van der Waals surface area (Å²) in [7, 11) is 2.86. The Morgan fingerprint density at radius 3 is 2.12 bits per heavy atom. The van der Waals surface area contributed by atoms with Crippen LogP contribution in [0.3, 0.4) is 0 Å². The van der Waals surface area contributed by atoms with Crippen LogP contribution in [0.4, 0.5) is 0 Å². The smallest absolute Gasteiger partial charge is 0.308 e. The van der Waals surface area contributed by atoms with Gasteiger partial charge in [0.25, 0.3) is 0 Å². The van der Waals surface area contributed by atoms with E-state index in [0.29, 0.717) is 10.7 Å². The molecule has 7 heteroatoms. The first kappa shape index (κ1) is 12.6. The molecule has 0 aliphatic rings. The van der Waals surface area contributed by atoms with Crippen molar-refractivity contribution in [2.75, 3.05) is 20.5 Å². The van der Waals surface area contributed by atoms with Crippen molar-refractivity contribution in [2.45, 2.75) is 11.6 Å². The fraction of sp³-hybridized carbons (Fsp3) is 0.444. The fourth-order valence-corrected chi connectivity index (χ4v) is 1.50. The number of rotatable bonds is 5. The van der Waals surface area contributed by atoms with E-state index in [1.807, 2.05) is 6.26 Å². The van der Waals surface area contributed by atoms with Crippen LogP contribution in [0.15, 0.2) is 5.16 Å². The van der Waals surface area contributed by atoms with Gasteiger partial charge in [0.2, 0.25) is 11.8 Å². The maximum absolute atomic E-state index is 10.7. The predicted molar refractivity (Wildman–Crippen MR) is 58.3 cm³/mol. The third kappa shape index (κ3) is 2.75. The summed E-state index contributed by atoms with van der Waals surface area (Å²) in [5.74, 6) is -0.519. The Hall–Kier alpha value is -1.50. The topological polar surface area (TPSA) is 81.5 Å². The molecule has 1 rings (SSSR count). The largest absolute Gasteiger partial charge is 0.481 e. The number of aliphatic carboxylic acids is 1. The van der Waals surface area contributed by atoms with Gasteiger partial charge in [-0.2, -0.15) is 9.97 Å².